The number of nitrogens with two attached hydrogens (primary N) is 1. The fourth-order valence-corrected chi connectivity index (χ4v) is 5.47. The predicted molar refractivity (Wildman–Crippen MR) is 110 cm³/mol. The molecular formula is C18H27N6O6P. The smallest absolute Gasteiger partial charge is 0.406 e. The zero-order valence-electron chi connectivity index (χ0n) is 17.8. The van der Waals surface area contributed by atoms with Crippen LogP contribution in [0.2, 0.25) is 0 Å². The number of esters is 1. The first kappa shape index (κ1) is 22.1. The largest absolute Gasteiger partial charge is 0.464 e. The van der Waals surface area contributed by atoms with Gasteiger partial charge in [0.25, 0.3) is 0 Å². The SMILES string of the molecule is CC(C)C(=O)OC[C@@H](C)N[P@@]1(=O)OC[C@H]2O[C@@H](n3cnc4c(N)ncnc43)[C@@H](C)[C@@H]2O1. The molecule has 4 heterocycles. The van der Waals surface area contributed by atoms with Crippen LogP contribution in [-0.2, 0) is 27.9 Å². The summed E-state index contributed by atoms with van der Waals surface area (Å²) in [4.78, 5) is 24.1. The van der Waals surface area contributed by atoms with Crippen molar-refractivity contribution < 1.29 is 27.9 Å². The Hall–Kier alpha value is -2.11. The van der Waals surface area contributed by atoms with E-state index >= 15 is 0 Å². The number of carbonyl (C=O) groups excluding carboxylic acids is 1. The van der Waals surface area contributed by atoms with Gasteiger partial charge in [-0.3, -0.25) is 18.4 Å². The zero-order valence-corrected chi connectivity index (χ0v) is 18.7. The Morgan fingerprint density at radius 2 is 2.16 bits per heavy atom. The number of nitrogens with zero attached hydrogens (tertiary/aromatic N) is 4. The van der Waals surface area contributed by atoms with E-state index in [1.54, 1.807) is 31.7 Å². The molecule has 0 aliphatic carbocycles. The molecule has 0 spiro atoms. The van der Waals surface area contributed by atoms with Gasteiger partial charge >= 0.3 is 13.7 Å². The normalized spacial score (nSPS) is 31.6. The third-order valence-electron chi connectivity index (χ3n) is 5.30. The standard InChI is InChI=1S/C18H27N6O6P/c1-9(2)18(25)27-5-10(3)23-31(26)28-6-12-14(30-31)11(4)17(29-12)24-8-22-13-15(19)20-7-21-16(13)24/h7-12,14,17H,5-6H2,1-4H3,(H,23,26)(H2,19,20,21)/t10-,11+,12-,14+,17-,31-/m1/s1. The predicted octanol–water partition coefficient (Wildman–Crippen LogP) is 1.64. The molecule has 6 atom stereocenters. The Balaban J connectivity index is 1.44. The van der Waals surface area contributed by atoms with Crippen LogP contribution < -0.4 is 10.8 Å². The highest BCUT2D eigenvalue weighted by molar-refractivity contribution is 7.51. The van der Waals surface area contributed by atoms with Crippen LogP contribution in [0.25, 0.3) is 11.2 Å². The van der Waals surface area contributed by atoms with Crippen molar-refractivity contribution in [3.05, 3.63) is 12.7 Å². The molecule has 170 valence electrons. The molecule has 2 aliphatic heterocycles. The minimum atomic E-state index is -3.61. The highest BCUT2D eigenvalue weighted by atomic mass is 31.2. The van der Waals surface area contributed by atoms with Crippen molar-refractivity contribution in [2.45, 2.75) is 52.2 Å². The number of ether oxygens (including phenoxy) is 2. The van der Waals surface area contributed by atoms with E-state index in [2.05, 4.69) is 20.0 Å². The van der Waals surface area contributed by atoms with E-state index in [0.29, 0.717) is 11.2 Å². The summed E-state index contributed by atoms with van der Waals surface area (Å²) in [6, 6.07) is -0.421. The summed E-state index contributed by atoms with van der Waals surface area (Å²) in [5, 5.41) is 2.83. The van der Waals surface area contributed by atoms with Crippen LogP contribution in [0.3, 0.4) is 0 Å². The molecule has 4 rings (SSSR count). The summed E-state index contributed by atoms with van der Waals surface area (Å²) in [7, 11) is -3.61. The van der Waals surface area contributed by atoms with Gasteiger partial charge in [0.05, 0.1) is 18.9 Å². The first-order chi connectivity index (χ1) is 14.7. The second-order valence-corrected chi connectivity index (χ2v) is 9.91. The van der Waals surface area contributed by atoms with Gasteiger partial charge in [0.1, 0.15) is 36.9 Å². The molecule has 0 bridgehead atoms. The third-order valence-corrected chi connectivity index (χ3v) is 7.07. The van der Waals surface area contributed by atoms with Gasteiger partial charge in [0, 0.05) is 12.0 Å². The van der Waals surface area contributed by atoms with Gasteiger partial charge in [-0.15, -0.1) is 0 Å². The number of aromatic nitrogens is 4. The van der Waals surface area contributed by atoms with E-state index in [1.807, 2.05) is 6.92 Å². The molecule has 2 fully saturated rings. The molecule has 0 unspecified atom stereocenters. The maximum Gasteiger partial charge on any atom is 0.406 e. The lowest BCUT2D eigenvalue weighted by Gasteiger charge is -2.33. The second-order valence-electron chi connectivity index (χ2n) is 8.19. The number of hydrogen-bond acceptors (Lipinski definition) is 10. The number of nitrogens with one attached hydrogen (secondary N) is 1. The van der Waals surface area contributed by atoms with Gasteiger partial charge in [0.2, 0.25) is 0 Å². The maximum atomic E-state index is 13.2. The lowest BCUT2D eigenvalue weighted by Crippen LogP contribution is -2.41. The second kappa shape index (κ2) is 8.44. The van der Waals surface area contributed by atoms with Crippen molar-refractivity contribution in [3.8, 4) is 0 Å². The molecule has 2 aromatic heterocycles. The molecule has 3 N–H and O–H groups in total. The van der Waals surface area contributed by atoms with Crippen molar-refractivity contribution in [2.24, 2.45) is 11.8 Å². The van der Waals surface area contributed by atoms with Gasteiger partial charge in [0.15, 0.2) is 11.5 Å². The van der Waals surface area contributed by atoms with E-state index in [-0.39, 0.29) is 36.8 Å². The van der Waals surface area contributed by atoms with E-state index in [4.69, 9.17) is 24.3 Å². The average molecular weight is 454 g/mol. The zero-order chi connectivity index (χ0) is 22.3. The topological polar surface area (TPSA) is 153 Å². The number of imidazole rings is 1. The number of anilines is 1. The molecule has 12 nitrogen and oxygen atoms in total. The molecule has 0 saturated carbocycles. The summed E-state index contributed by atoms with van der Waals surface area (Å²) in [5.74, 6) is -0.450. The first-order valence-electron chi connectivity index (χ1n) is 10.1. The maximum absolute atomic E-state index is 13.2. The van der Waals surface area contributed by atoms with Gasteiger partial charge in [-0.05, 0) is 6.92 Å². The summed E-state index contributed by atoms with van der Waals surface area (Å²) < 4.78 is 37.6. The summed E-state index contributed by atoms with van der Waals surface area (Å²) in [6.07, 6.45) is 1.63. The van der Waals surface area contributed by atoms with Gasteiger partial charge in [-0.2, -0.15) is 0 Å². The molecular weight excluding hydrogens is 427 g/mol. The minimum Gasteiger partial charge on any atom is -0.464 e. The Bertz CT molecular complexity index is 1010. The van der Waals surface area contributed by atoms with Crippen molar-refractivity contribution in [2.75, 3.05) is 18.9 Å². The van der Waals surface area contributed by atoms with E-state index in [1.165, 1.54) is 6.33 Å². The Labute approximate surface area is 179 Å². The van der Waals surface area contributed by atoms with Gasteiger partial charge in [-0.25, -0.2) is 24.6 Å². The number of carbonyl (C=O) groups is 1. The summed E-state index contributed by atoms with van der Waals surface area (Å²) in [5.41, 5.74) is 6.91. The first-order valence-corrected chi connectivity index (χ1v) is 11.7. The van der Waals surface area contributed by atoms with Crippen molar-refractivity contribution in [1.29, 1.82) is 0 Å². The fourth-order valence-electron chi connectivity index (χ4n) is 3.67. The van der Waals surface area contributed by atoms with Gasteiger partial charge in [-0.1, -0.05) is 20.8 Å². The highest BCUT2D eigenvalue weighted by Crippen LogP contribution is 2.54. The number of rotatable bonds is 6. The number of nitrogen functional groups attached to an aromatic ring is 1. The molecule has 31 heavy (non-hydrogen) atoms. The lowest BCUT2D eigenvalue weighted by atomic mass is 10.0. The van der Waals surface area contributed by atoms with Crippen LogP contribution in [0.5, 0.6) is 0 Å². The molecule has 13 heteroatoms. The monoisotopic (exact) mass is 454 g/mol. The molecule has 2 aliphatic rings. The molecule has 0 amide bonds. The van der Waals surface area contributed by atoms with Crippen LogP contribution in [0.4, 0.5) is 5.82 Å². The summed E-state index contributed by atoms with van der Waals surface area (Å²) in [6.45, 7) is 7.33. The van der Waals surface area contributed by atoms with Crippen LogP contribution in [0.15, 0.2) is 12.7 Å². The third kappa shape index (κ3) is 4.31. The molecule has 2 saturated heterocycles. The Morgan fingerprint density at radius 3 is 2.90 bits per heavy atom. The van der Waals surface area contributed by atoms with Crippen molar-refractivity contribution >= 4 is 30.7 Å². The highest BCUT2D eigenvalue weighted by Gasteiger charge is 2.51. The number of hydrogen-bond donors (Lipinski definition) is 2. The molecule has 0 aromatic carbocycles. The summed E-state index contributed by atoms with van der Waals surface area (Å²) >= 11 is 0. The Kier molecular flexibility index (Phi) is 6.01. The number of fused-ring (bicyclic) bond motifs is 2. The quantitative estimate of drug-likeness (QED) is 0.484. The average Bonchev–Trinajstić information content (AvgIpc) is 3.28. The van der Waals surface area contributed by atoms with Crippen molar-refractivity contribution in [1.82, 2.24) is 24.6 Å². The minimum absolute atomic E-state index is 0.0542. The lowest BCUT2D eigenvalue weighted by molar-refractivity contribution is -0.147. The van der Waals surface area contributed by atoms with Crippen LogP contribution >= 0.6 is 7.75 Å². The Morgan fingerprint density at radius 1 is 1.39 bits per heavy atom. The van der Waals surface area contributed by atoms with Crippen LogP contribution in [0, 0.1) is 11.8 Å². The molecule has 0 radical (unpaired) electrons. The van der Waals surface area contributed by atoms with Crippen LogP contribution in [-0.4, -0.2) is 57.0 Å². The van der Waals surface area contributed by atoms with E-state index in [9.17, 15) is 9.36 Å². The van der Waals surface area contributed by atoms with Crippen molar-refractivity contribution in [3.63, 3.8) is 0 Å². The van der Waals surface area contributed by atoms with Gasteiger partial charge < -0.3 is 15.2 Å². The van der Waals surface area contributed by atoms with Crippen LogP contribution in [0.1, 0.15) is 33.9 Å². The molecule has 2 aromatic rings. The fraction of sp³-hybridized carbons (Fsp3) is 0.667. The van der Waals surface area contributed by atoms with E-state index in [0.717, 1.165) is 0 Å². The van der Waals surface area contributed by atoms with E-state index < -0.39 is 32.2 Å².